The van der Waals surface area contributed by atoms with Crippen LogP contribution < -0.4 is 10.2 Å². The Kier molecular flexibility index (Phi) is 54.7. The molecule has 6 heteroatoms. The van der Waals surface area contributed by atoms with E-state index in [9.17, 15) is 0 Å². The van der Waals surface area contributed by atoms with Crippen molar-refractivity contribution in [2.24, 2.45) is 0 Å². The van der Waals surface area contributed by atoms with Crippen molar-refractivity contribution in [3.63, 3.8) is 0 Å². The number of carboxylic acid groups (broad SMARTS) is 2. The van der Waals surface area contributed by atoms with Crippen molar-refractivity contribution in [1.29, 1.82) is 0 Å². The molecule has 0 aromatic heterocycles. The van der Waals surface area contributed by atoms with Gasteiger partial charge in [-0.2, -0.15) is 0 Å². The average molecular weight is 490 g/mol. The first-order valence-electron chi connectivity index (χ1n) is 0.612. The number of rotatable bonds is 0. The van der Waals surface area contributed by atoms with Gasteiger partial charge in [-0.3, -0.25) is 0 Å². The molecular weight excluding hydrogens is 490 g/mol. The van der Waals surface area contributed by atoms with Gasteiger partial charge in [0.05, 0.1) is 0 Å². The van der Waals surface area contributed by atoms with Crippen LogP contribution in [0.25, 0.3) is 0 Å². The van der Waals surface area contributed by atoms with E-state index in [-0.39, 0.29) is 60.1 Å². The Hall–Kier alpha value is 1.07. The zero-order valence-electron chi connectivity index (χ0n) is 3.13. The van der Waals surface area contributed by atoms with E-state index in [2.05, 4.69) is 0 Å². The van der Waals surface area contributed by atoms with Gasteiger partial charge in [-0.1, -0.05) is 0 Å². The van der Waals surface area contributed by atoms with Crippen LogP contribution in [0.15, 0.2) is 0 Å². The third kappa shape index (κ3) is 158. The van der Waals surface area contributed by atoms with Gasteiger partial charge in [-0.05, 0) is 6.16 Å². The molecule has 36 valence electrons. The summed E-state index contributed by atoms with van der Waals surface area (Å²) < 4.78 is 0. The Labute approximate surface area is 80.5 Å². The first-order chi connectivity index (χ1) is 1.73. The molecule has 0 heterocycles. The third-order valence-electron chi connectivity index (χ3n) is 0. The van der Waals surface area contributed by atoms with Crippen molar-refractivity contribution in [2.45, 2.75) is 0 Å². The van der Waals surface area contributed by atoms with E-state index >= 15 is 0 Å². The zero-order chi connectivity index (χ0) is 3.58. The van der Waals surface area contributed by atoms with Gasteiger partial charge in [0.2, 0.25) is 0 Å². The van der Waals surface area contributed by atoms with Crippen molar-refractivity contribution >= 4 is 60.8 Å². The fraction of sp³-hybridized carbons (Fsp3) is 0. The summed E-state index contributed by atoms with van der Waals surface area (Å²) in [6.07, 6.45) is -2.33. The fourth-order valence-corrected chi connectivity index (χ4v) is 0. The summed E-state index contributed by atoms with van der Waals surface area (Å²) >= 11 is 0. The van der Waals surface area contributed by atoms with Crippen LogP contribution in [0, 0.1) is 0 Å². The normalized spacial score (nSPS) is 3.43. The number of carbonyl (C=O) groups excluding carboxylic acids is 1. The standard InChI is InChI=1S/CH2O3.O.2Pb/c2-1(3)4;;;/h(H2,2,3,4);;;/q;-2;2*+2/p-2. The van der Waals surface area contributed by atoms with Gasteiger partial charge in [0.25, 0.3) is 0 Å². The minimum absolute atomic E-state index is 0. The molecule has 0 aliphatic heterocycles. The third-order valence-corrected chi connectivity index (χ3v) is 0. The van der Waals surface area contributed by atoms with Gasteiger partial charge in [-0.15, -0.1) is 0 Å². The van der Waals surface area contributed by atoms with Gasteiger partial charge in [0.15, 0.2) is 0 Å². The minimum atomic E-state index is -2.33. The van der Waals surface area contributed by atoms with Gasteiger partial charge in [0, 0.05) is 0 Å². The van der Waals surface area contributed by atoms with Crippen LogP contribution >= 0.6 is 0 Å². The summed E-state index contributed by atoms with van der Waals surface area (Å²) in [6, 6.07) is 0. The first-order valence-corrected chi connectivity index (χ1v) is 0.612. The predicted octanol–water partition coefficient (Wildman–Crippen LogP) is -3.33. The molecule has 0 atom stereocenters. The zero-order valence-corrected chi connectivity index (χ0v) is 10.9. The quantitative estimate of drug-likeness (QED) is 0.333. The van der Waals surface area contributed by atoms with Crippen LogP contribution in [0.1, 0.15) is 0 Å². The molecular formula is CO4Pb2. The Morgan fingerprint density at radius 1 is 1.14 bits per heavy atom. The van der Waals surface area contributed by atoms with Gasteiger partial charge in [0.1, 0.15) is 0 Å². The first kappa shape index (κ1) is 24.3. The predicted molar refractivity (Wildman–Crippen MR) is 17.6 cm³/mol. The fourth-order valence-electron chi connectivity index (χ4n) is 0. The number of carbonyl (C=O) groups is 1. The van der Waals surface area contributed by atoms with Crippen molar-refractivity contribution in [2.75, 3.05) is 0 Å². The summed E-state index contributed by atoms with van der Waals surface area (Å²) in [5.74, 6) is 0. The molecule has 0 aromatic rings. The van der Waals surface area contributed by atoms with Crippen molar-refractivity contribution in [3.05, 3.63) is 0 Å². The minimum Gasteiger partial charge on any atom is -2.00 e. The second kappa shape index (κ2) is 15.7. The second-order valence-corrected chi connectivity index (χ2v) is 0.250. The van der Waals surface area contributed by atoms with Crippen LogP contribution in [0.3, 0.4) is 0 Å². The molecule has 7 heavy (non-hydrogen) atoms. The summed E-state index contributed by atoms with van der Waals surface area (Å²) in [7, 11) is 0. The molecule has 4 radical (unpaired) electrons. The van der Waals surface area contributed by atoms with Crippen LogP contribution in [0.2, 0.25) is 0 Å². The molecule has 0 bridgehead atoms. The topological polar surface area (TPSA) is 91.7 Å². The number of hydrogen-bond acceptors (Lipinski definition) is 3. The van der Waals surface area contributed by atoms with E-state index in [4.69, 9.17) is 15.0 Å². The van der Waals surface area contributed by atoms with Crippen molar-refractivity contribution in [1.82, 2.24) is 0 Å². The second-order valence-electron chi connectivity index (χ2n) is 0.250. The maximum absolute atomic E-state index is 8.33. The maximum atomic E-state index is 8.33. The van der Waals surface area contributed by atoms with E-state index in [0.717, 1.165) is 0 Å². The molecule has 0 aliphatic rings. The smallest absolute Gasteiger partial charge is 2.00 e. The largest absolute Gasteiger partial charge is 2.00 e. The molecule has 0 unspecified atom stereocenters. The summed E-state index contributed by atoms with van der Waals surface area (Å²) in [4.78, 5) is 8.33. The van der Waals surface area contributed by atoms with Crippen LogP contribution in [-0.2, 0) is 5.48 Å². The van der Waals surface area contributed by atoms with E-state index in [1.54, 1.807) is 0 Å². The van der Waals surface area contributed by atoms with E-state index < -0.39 is 6.16 Å². The summed E-state index contributed by atoms with van der Waals surface area (Å²) in [6.45, 7) is 0. The Morgan fingerprint density at radius 2 is 1.14 bits per heavy atom. The van der Waals surface area contributed by atoms with Crippen molar-refractivity contribution in [3.8, 4) is 0 Å². The van der Waals surface area contributed by atoms with E-state index in [1.807, 2.05) is 0 Å². The van der Waals surface area contributed by atoms with E-state index in [0.29, 0.717) is 0 Å². The number of hydrogen-bond donors (Lipinski definition) is 0. The molecule has 0 spiro atoms. The Morgan fingerprint density at radius 3 is 1.14 bits per heavy atom. The molecule has 4 nitrogen and oxygen atoms in total. The molecule has 0 fully saturated rings. The van der Waals surface area contributed by atoms with E-state index in [1.165, 1.54) is 0 Å². The SMILES string of the molecule is O=C([O-])[O-].[O-2].[Pb+2].[Pb+2]. The molecule has 0 amide bonds. The maximum Gasteiger partial charge on any atom is 2.00 e. The molecule has 0 N–H and O–H groups in total. The van der Waals surface area contributed by atoms with Gasteiger partial charge in [-0.25, -0.2) is 0 Å². The average Bonchev–Trinajstić information content (AvgIpc) is 0.811. The molecule has 0 saturated heterocycles. The van der Waals surface area contributed by atoms with Crippen LogP contribution in [0.4, 0.5) is 4.79 Å². The molecule has 0 aromatic carbocycles. The van der Waals surface area contributed by atoms with Crippen LogP contribution in [-0.4, -0.2) is 60.8 Å². The molecule has 0 saturated carbocycles. The summed E-state index contributed by atoms with van der Waals surface area (Å²) in [5, 5.41) is 16.7. The van der Waals surface area contributed by atoms with Gasteiger partial charge >= 0.3 is 54.6 Å². The van der Waals surface area contributed by atoms with Gasteiger partial charge < -0.3 is 20.5 Å². The van der Waals surface area contributed by atoms with Crippen molar-refractivity contribution < 1.29 is 20.5 Å². The Bertz CT molecular complexity index is 32.7. The molecule has 0 aliphatic carbocycles. The van der Waals surface area contributed by atoms with Crippen LogP contribution in [0.5, 0.6) is 0 Å². The molecule has 0 rings (SSSR count). The Balaban J connectivity index is -0.0000000150. The monoisotopic (exact) mass is 492 g/mol. The summed E-state index contributed by atoms with van der Waals surface area (Å²) in [5.41, 5.74) is 0.